The summed E-state index contributed by atoms with van der Waals surface area (Å²) in [6.07, 6.45) is 0. The lowest BCUT2D eigenvalue weighted by molar-refractivity contribution is -0.491. The number of rotatable bonds is 1. The number of benzene rings is 1. The van der Waals surface area contributed by atoms with Gasteiger partial charge in [0.2, 0.25) is 5.82 Å². The molecule has 3 rings (SSSR count). The normalized spacial score (nSPS) is 11.7. The van der Waals surface area contributed by atoms with E-state index in [1.165, 1.54) is 16.9 Å². The minimum absolute atomic E-state index is 0.905. The Morgan fingerprint density at radius 2 is 2.06 bits per heavy atom. The standard InChI is InChI=1S/C12H15N4/c1-4-15-9(2)16-11-8-6-5-7-10(11)14(3)12(16)13-15/h5-8H,4H2,1-3H3/q+1. The van der Waals surface area contributed by atoms with Crippen molar-refractivity contribution in [1.29, 1.82) is 0 Å². The van der Waals surface area contributed by atoms with Gasteiger partial charge in [-0.25, -0.2) is 4.57 Å². The molecule has 2 aromatic heterocycles. The van der Waals surface area contributed by atoms with Crippen LogP contribution in [0.1, 0.15) is 12.7 Å². The van der Waals surface area contributed by atoms with Crippen molar-refractivity contribution in [2.45, 2.75) is 20.4 Å². The first-order valence-corrected chi connectivity index (χ1v) is 5.56. The summed E-state index contributed by atoms with van der Waals surface area (Å²) in [5.41, 5.74) is 2.44. The minimum Gasteiger partial charge on any atom is -0.246 e. The van der Waals surface area contributed by atoms with Crippen LogP contribution in [0.15, 0.2) is 24.3 Å². The molecule has 82 valence electrons. The zero-order chi connectivity index (χ0) is 11.3. The van der Waals surface area contributed by atoms with E-state index in [1.54, 1.807) is 0 Å². The van der Waals surface area contributed by atoms with E-state index in [0.717, 1.165) is 12.3 Å². The fourth-order valence-electron chi connectivity index (χ4n) is 2.33. The lowest BCUT2D eigenvalue weighted by Gasteiger charge is -1.92. The fourth-order valence-corrected chi connectivity index (χ4v) is 2.33. The van der Waals surface area contributed by atoms with Crippen LogP contribution in [0.5, 0.6) is 0 Å². The van der Waals surface area contributed by atoms with Crippen molar-refractivity contribution in [3.63, 3.8) is 0 Å². The molecular weight excluding hydrogens is 200 g/mol. The SMILES string of the molecule is CCn1nc2n(C)c3ccccc3[n+]2c1C. The van der Waals surface area contributed by atoms with Crippen molar-refractivity contribution in [2.24, 2.45) is 7.05 Å². The lowest BCUT2D eigenvalue weighted by atomic mass is 10.3. The number of para-hydroxylation sites is 2. The first-order valence-electron chi connectivity index (χ1n) is 5.56. The van der Waals surface area contributed by atoms with Gasteiger partial charge in [-0.3, -0.25) is 0 Å². The van der Waals surface area contributed by atoms with Crippen LogP contribution in [0.2, 0.25) is 0 Å². The molecule has 1 aromatic carbocycles. The van der Waals surface area contributed by atoms with Crippen molar-refractivity contribution in [2.75, 3.05) is 0 Å². The molecule has 0 bridgehead atoms. The van der Waals surface area contributed by atoms with Crippen LogP contribution in [0.25, 0.3) is 16.8 Å². The van der Waals surface area contributed by atoms with Crippen LogP contribution in [0.4, 0.5) is 0 Å². The quantitative estimate of drug-likeness (QED) is 0.564. The third-order valence-corrected chi connectivity index (χ3v) is 3.19. The van der Waals surface area contributed by atoms with E-state index in [0.29, 0.717) is 0 Å². The molecule has 0 unspecified atom stereocenters. The summed E-state index contributed by atoms with van der Waals surface area (Å²) in [5, 5.41) is 4.61. The maximum atomic E-state index is 4.61. The predicted octanol–water partition coefficient (Wildman–Crippen LogP) is 1.44. The van der Waals surface area contributed by atoms with Crippen molar-refractivity contribution in [3.05, 3.63) is 30.1 Å². The van der Waals surface area contributed by atoms with Crippen LogP contribution < -0.4 is 4.40 Å². The molecule has 2 heterocycles. The summed E-state index contributed by atoms with van der Waals surface area (Å²) in [7, 11) is 2.06. The smallest absolute Gasteiger partial charge is 0.246 e. The summed E-state index contributed by atoms with van der Waals surface area (Å²) < 4.78 is 6.37. The van der Waals surface area contributed by atoms with Gasteiger partial charge in [-0.1, -0.05) is 12.1 Å². The van der Waals surface area contributed by atoms with E-state index >= 15 is 0 Å². The minimum atomic E-state index is 0.905. The fraction of sp³-hybridized carbons (Fsp3) is 0.333. The topological polar surface area (TPSA) is 26.9 Å². The van der Waals surface area contributed by atoms with E-state index in [-0.39, 0.29) is 0 Å². The van der Waals surface area contributed by atoms with Gasteiger partial charge in [0.05, 0.1) is 6.54 Å². The molecule has 4 nitrogen and oxygen atoms in total. The zero-order valence-corrected chi connectivity index (χ0v) is 9.81. The van der Waals surface area contributed by atoms with Crippen LogP contribution in [0.3, 0.4) is 0 Å². The van der Waals surface area contributed by atoms with Gasteiger partial charge in [-0.2, -0.15) is 4.40 Å². The number of hydrogen-bond donors (Lipinski definition) is 0. The van der Waals surface area contributed by atoms with Gasteiger partial charge in [0, 0.05) is 19.1 Å². The molecular formula is C12H15N4+. The van der Waals surface area contributed by atoms with Crippen LogP contribution in [-0.2, 0) is 13.6 Å². The largest absolute Gasteiger partial charge is 0.389 e. The molecule has 0 atom stereocenters. The Balaban J connectivity index is 2.57. The Hall–Kier alpha value is -1.84. The van der Waals surface area contributed by atoms with Crippen molar-refractivity contribution < 1.29 is 4.40 Å². The van der Waals surface area contributed by atoms with Crippen LogP contribution >= 0.6 is 0 Å². The summed E-state index contributed by atoms with van der Waals surface area (Å²) in [4.78, 5) is 0. The second-order valence-electron chi connectivity index (χ2n) is 4.05. The molecule has 4 heteroatoms. The van der Waals surface area contributed by atoms with Crippen LogP contribution in [0, 0.1) is 6.92 Å². The van der Waals surface area contributed by atoms with E-state index < -0.39 is 0 Å². The molecule has 0 saturated carbocycles. The molecule has 0 aliphatic rings. The number of aromatic nitrogens is 4. The molecule has 0 aliphatic heterocycles. The first-order chi connectivity index (χ1) is 7.74. The Bertz CT molecular complexity index is 675. The van der Waals surface area contributed by atoms with Gasteiger partial charge in [0.15, 0.2) is 0 Å². The molecule has 0 amide bonds. The summed E-state index contributed by atoms with van der Waals surface area (Å²) in [6, 6.07) is 8.39. The third-order valence-electron chi connectivity index (χ3n) is 3.19. The maximum Gasteiger partial charge on any atom is 0.389 e. The second kappa shape index (κ2) is 3.07. The van der Waals surface area contributed by atoms with Crippen molar-refractivity contribution in [1.82, 2.24) is 14.3 Å². The van der Waals surface area contributed by atoms with Gasteiger partial charge in [0.1, 0.15) is 11.0 Å². The van der Waals surface area contributed by atoms with Crippen LogP contribution in [-0.4, -0.2) is 14.3 Å². The van der Waals surface area contributed by atoms with E-state index in [9.17, 15) is 0 Å². The molecule has 0 aliphatic carbocycles. The predicted molar refractivity (Wildman–Crippen MR) is 62.3 cm³/mol. The van der Waals surface area contributed by atoms with Crippen molar-refractivity contribution >= 4 is 16.8 Å². The highest BCUT2D eigenvalue weighted by Gasteiger charge is 2.21. The Morgan fingerprint density at radius 3 is 2.81 bits per heavy atom. The van der Waals surface area contributed by atoms with Gasteiger partial charge in [0.25, 0.3) is 0 Å². The number of nitrogens with zero attached hydrogens (tertiary/aromatic N) is 4. The second-order valence-corrected chi connectivity index (χ2v) is 4.05. The molecule has 16 heavy (non-hydrogen) atoms. The number of imidazole rings is 1. The zero-order valence-electron chi connectivity index (χ0n) is 9.81. The van der Waals surface area contributed by atoms with Gasteiger partial charge in [-0.15, -0.1) is 4.68 Å². The lowest BCUT2D eigenvalue weighted by Crippen LogP contribution is -2.22. The Morgan fingerprint density at radius 1 is 1.31 bits per heavy atom. The monoisotopic (exact) mass is 215 g/mol. The molecule has 0 fully saturated rings. The number of aryl methyl sites for hydroxylation is 3. The molecule has 0 radical (unpaired) electrons. The Labute approximate surface area is 93.7 Å². The van der Waals surface area contributed by atoms with Gasteiger partial charge >= 0.3 is 5.78 Å². The summed E-state index contributed by atoms with van der Waals surface area (Å²) >= 11 is 0. The third kappa shape index (κ3) is 0.988. The van der Waals surface area contributed by atoms with Gasteiger partial charge < -0.3 is 0 Å². The highest BCUT2D eigenvalue weighted by atomic mass is 15.4. The van der Waals surface area contributed by atoms with E-state index in [2.05, 4.69) is 59.2 Å². The molecule has 0 N–H and O–H groups in total. The van der Waals surface area contributed by atoms with Gasteiger partial charge in [-0.05, 0) is 19.1 Å². The summed E-state index contributed by atoms with van der Waals surface area (Å²) in [5.74, 6) is 2.18. The first kappa shape index (κ1) is 9.39. The highest BCUT2D eigenvalue weighted by molar-refractivity contribution is 5.74. The number of fused-ring (bicyclic) bond motifs is 3. The Kier molecular flexibility index (Phi) is 1.80. The average molecular weight is 215 g/mol. The molecule has 0 spiro atoms. The average Bonchev–Trinajstić information content (AvgIpc) is 2.78. The molecule has 0 saturated heterocycles. The summed E-state index contributed by atoms with van der Waals surface area (Å²) in [6.45, 7) is 5.12. The maximum absolute atomic E-state index is 4.61. The van der Waals surface area contributed by atoms with Crippen molar-refractivity contribution in [3.8, 4) is 0 Å². The molecule has 3 aromatic rings. The number of hydrogen-bond acceptors (Lipinski definition) is 1. The highest BCUT2D eigenvalue weighted by Crippen LogP contribution is 2.13. The van der Waals surface area contributed by atoms with E-state index in [1.807, 2.05) is 4.68 Å². The van der Waals surface area contributed by atoms with E-state index in [4.69, 9.17) is 0 Å².